The summed E-state index contributed by atoms with van der Waals surface area (Å²) in [6.45, 7) is 3.14. The first kappa shape index (κ1) is 16.9. The van der Waals surface area contributed by atoms with Gasteiger partial charge in [0.2, 0.25) is 5.91 Å². The summed E-state index contributed by atoms with van der Waals surface area (Å²) < 4.78 is 0. The predicted molar refractivity (Wildman–Crippen MR) is 88.2 cm³/mol. The first-order chi connectivity index (χ1) is 10.6. The number of aryl methyl sites for hydroxylation is 1. The van der Waals surface area contributed by atoms with Crippen molar-refractivity contribution >= 4 is 5.91 Å². The van der Waals surface area contributed by atoms with E-state index in [1.807, 2.05) is 19.3 Å². The van der Waals surface area contributed by atoms with Crippen LogP contribution in [-0.4, -0.2) is 35.5 Å². The number of likely N-dealkylation sites (tertiary alicyclic amines) is 1. The van der Waals surface area contributed by atoms with Gasteiger partial charge in [-0.25, -0.2) is 0 Å². The first-order valence-corrected chi connectivity index (χ1v) is 8.29. The molecule has 1 fully saturated rings. The number of carbonyl (C=O) groups is 1. The Morgan fingerprint density at radius 2 is 2.36 bits per heavy atom. The number of nitrogens with two attached hydrogens (primary N) is 1. The van der Waals surface area contributed by atoms with Crippen molar-refractivity contribution < 1.29 is 4.79 Å². The molecule has 5 nitrogen and oxygen atoms in total. The molecule has 1 saturated heterocycles. The highest BCUT2D eigenvalue weighted by atomic mass is 16.1. The van der Waals surface area contributed by atoms with E-state index < -0.39 is 0 Å². The van der Waals surface area contributed by atoms with E-state index in [0.29, 0.717) is 12.5 Å². The van der Waals surface area contributed by atoms with Gasteiger partial charge in [-0.1, -0.05) is 13.0 Å². The molecule has 2 heterocycles. The van der Waals surface area contributed by atoms with E-state index >= 15 is 0 Å². The highest BCUT2D eigenvalue weighted by Crippen LogP contribution is 2.30. The van der Waals surface area contributed by atoms with Crippen LogP contribution in [-0.2, 0) is 11.2 Å². The molecule has 0 bridgehead atoms. The van der Waals surface area contributed by atoms with E-state index in [9.17, 15) is 4.79 Å². The maximum atomic E-state index is 11.5. The minimum absolute atomic E-state index is 0.0365. The average Bonchev–Trinajstić information content (AvgIpc) is 2.92. The Morgan fingerprint density at radius 1 is 1.55 bits per heavy atom. The molecule has 5 heteroatoms. The largest absolute Gasteiger partial charge is 0.341 e. The number of hydrogen-bond donors (Lipinski definition) is 2. The van der Waals surface area contributed by atoms with Gasteiger partial charge in [-0.2, -0.15) is 0 Å². The Morgan fingerprint density at radius 3 is 3.05 bits per heavy atom. The quantitative estimate of drug-likeness (QED) is 0.756. The van der Waals surface area contributed by atoms with E-state index in [-0.39, 0.29) is 12.1 Å². The van der Waals surface area contributed by atoms with Crippen LogP contribution in [0.3, 0.4) is 0 Å². The molecule has 0 spiro atoms. The number of nitrogens with zero attached hydrogens (tertiary/aromatic N) is 2. The van der Waals surface area contributed by atoms with E-state index in [2.05, 4.69) is 28.3 Å². The summed E-state index contributed by atoms with van der Waals surface area (Å²) in [5, 5.41) is 2.84. The topological polar surface area (TPSA) is 71.2 Å². The van der Waals surface area contributed by atoms with E-state index in [4.69, 9.17) is 5.73 Å². The van der Waals surface area contributed by atoms with Gasteiger partial charge in [0, 0.05) is 24.9 Å². The molecular weight excluding hydrogens is 276 g/mol. The standard InChI is InChI=1S/C17H28N4O/c1-3-5-17(22)20-16(18)8-7-13-10-14(12-19-11-13)15-6-4-9-21(15)2/h10-12,15-16H,3-9,18H2,1-2H3,(H,20,22)/t15-,16?/m0/s1. The second-order valence-corrected chi connectivity index (χ2v) is 6.23. The summed E-state index contributed by atoms with van der Waals surface area (Å²) in [6.07, 6.45) is 9.01. The maximum absolute atomic E-state index is 11.5. The number of pyridine rings is 1. The molecule has 1 aromatic heterocycles. The molecule has 2 atom stereocenters. The molecule has 1 aliphatic heterocycles. The van der Waals surface area contributed by atoms with Gasteiger partial charge in [0.05, 0.1) is 6.17 Å². The van der Waals surface area contributed by atoms with Crippen molar-refractivity contribution in [3.8, 4) is 0 Å². The van der Waals surface area contributed by atoms with Gasteiger partial charge < -0.3 is 11.1 Å². The molecule has 22 heavy (non-hydrogen) atoms. The third-order valence-electron chi connectivity index (χ3n) is 4.29. The molecule has 122 valence electrons. The number of aromatic nitrogens is 1. The van der Waals surface area contributed by atoms with Crippen LogP contribution in [0.25, 0.3) is 0 Å². The highest BCUT2D eigenvalue weighted by molar-refractivity contribution is 5.76. The number of nitrogens with one attached hydrogen (secondary N) is 1. The SMILES string of the molecule is CCCC(=O)NC(N)CCc1cncc([C@@H]2CCCN2C)c1. The van der Waals surface area contributed by atoms with Crippen LogP contribution in [0, 0.1) is 0 Å². The van der Waals surface area contributed by atoms with Crippen molar-refractivity contribution in [3.05, 3.63) is 29.6 Å². The number of rotatable bonds is 7. The van der Waals surface area contributed by atoms with Crippen LogP contribution >= 0.6 is 0 Å². The zero-order chi connectivity index (χ0) is 15.9. The molecule has 2 rings (SSSR count). The summed E-state index contributed by atoms with van der Waals surface area (Å²) in [5.41, 5.74) is 8.46. The van der Waals surface area contributed by atoms with Crippen LogP contribution in [0.1, 0.15) is 56.2 Å². The third-order valence-corrected chi connectivity index (χ3v) is 4.29. The Labute approximate surface area is 133 Å². The Kier molecular flexibility index (Phi) is 6.34. The van der Waals surface area contributed by atoms with Crippen LogP contribution in [0.4, 0.5) is 0 Å². The lowest BCUT2D eigenvalue weighted by molar-refractivity contribution is -0.121. The molecule has 1 amide bonds. The van der Waals surface area contributed by atoms with Crippen molar-refractivity contribution in [1.29, 1.82) is 0 Å². The lowest BCUT2D eigenvalue weighted by Gasteiger charge is -2.20. The fraction of sp³-hybridized carbons (Fsp3) is 0.647. The molecule has 0 saturated carbocycles. The Hall–Kier alpha value is -1.46. The molecule has 1 unspecified atom stereocenters. The van der Waals surface area contributed by atoms with Gasteiger partial charge >= 0.3 is 0 Å². The number of hydrogen-bond acceptors (Lipinski definition) is 4. The van der Waals surface area contributed by atoms with Crippen molar-refractivity contribution in [1.82, 2.24) is 15.2 Å². The van der Waals surface area contributed by atoms with Gasteiger partial charge in [-0.05, 0) is 56.8 Å². The second-order valence-electron chi connectivity index (χ2n) is 6.23. The minimum atomic E-state index is -0.281. The van der Waals surface area contributed by atoms with Gasteiger partial charge in [0.25, 0.3) is 0 Å². The predicted octanol–water partition coefficient (Wildman–Crippen LogP) is 1.98. The molecule has 1 aromatic rings. The number of amides is 1. The molecular formula is C17H28N4O. The van der Waals surface area contributed by atoms with Crippen LogP contribution in [0.15, 0.2) is 18.5 Å². The molecule has 0 aliphatic carbocycles. The normalized spacial score (nSPS) is 20.0. The lowest BCUT2D eigenvalue weighted by atomic mass is 10.0. The fourth-order valence-electron chi connectivity index (χ4n) is 3.06. The van der Waals surface area contributed by atoms with E-state index in [1.54, 1.807) is 0 Å². The first-order valence-electron chi connectivity index (χ1n) is 8.29. The maximum Gasteiger partial charge on any atom is 0.221 e. The number of carbonyl (C=O) groups excluding carboxylic acids is 1. The fourth-order valence-corrected chi connectivity index (χ4v) is 3.06. The molecule has 0 aromatic carbocycles. The summed E-state index contributed by atoms with van der Waals surface area (Å²) in [6, 6.07) is 2.73. The van der Waals surface area contributed by atoms with E-state index in [0.717, 1.165) is 25.8 Å². The van der Waals surface area contributed by atoms with Crippen molar-refractivity contribution in [2.24, 2.45) is 5.73 Å². The van der Waals surface area contributed by atoms with Crippen LogP contribution < -0.4 is 11.1 Å². The molecule has 3 N–H and O–H groups in total. The van der Waals surface area contributed by atoms with Gasteiger partial charge in [0.15, 0.2) is 0 Å². The molecule has 0 radical (unpaired) electrons. The monoisotopic (exact) mass is 304 g/mol. The summed E-state index contributed by atoms with van der Waals surface area (Å²) in [5.74, 6) is 0.0365. The van der Waals surface area contributed by atoms with Gasteiger partial charge in [0.1, 0.15) is 0 Å². The zero-order valence-corrected chi connectivity index (χ0v) is 13.7. The smallest absolute Gasteiger partial charge is 0.221 e. The van der Waals surface area contributed by atoms with E-state index in [1.165, 1.54) is 24.0 Å². The highest BCUT2D eigenvalue weighted by Gasteiger charge is 2.22. The summed E-state index contributed by atoms with van der Waals surface area (Å²) in [4.78, 5) is 18.3. The minimum Gasteiger partial charge on any atom is -0.341 e. The third kappa shape index (κ3) is 4.78. The van der Waals surface area contributed by atoms with Crippen molar-refractivity contribution in [3.63, 3.8) is 0 Å². The Balaban J connectivity index is 1.86. The zero-order valence-electron chi connectivity index (χ0n) is 13.7. The van der Waals surface area contributed by atoms with Gasteiger partial charge in [-0.15, -0.1) is 0 Å². The molecule has 1 aliphatic rings. The van der Waals surface area contributed by atoms with Gasteiger partial charge in [-0.3, -0.25) is 14.7 Å². The lowest BCUT2D eigenvalue weighted by Crippen LogP contribution is -2.41. The second kappa shape index (κ2) is 8.25. The van der Waals surface area contributed by atoms with Crippen LogP contribution in [0.5, 0.6) is 0 Å². The van der Waals surface area contributed by atoms with Crippen molar-refractivity contribution in [2.75, 3.05) is 13.6 Å². The Bertz CT molecular complexity index is 491. The van der Waals surface area contributed by atoms with Crippen molar-refractivity contribution in [2.45, 2.75) is 57.7 Å². The van der Waals surface area contributed by atoms with Crippen LogP contribution in [0.2, 0.25) is 0 Å². The summed E-state index contributed by atoms with van der Waals surface area (Å²) >= 11 is 0. The average molecular weight is 304 g/mol. The summed E-state index contributed by atoms with van der Waals surface area (Å²) in [7, 11) is 2.17.